The van der Waals surface area contributed by atoms with Crippen LogP contribution in [0.4, 0.5) is 0 Å². The van der Waals surface area contributed by atoms with Crippen LogP contribution in [0.1, 0.15) is 18.4 Å². The largest absolute Gasteiger partial charge is 0.493 e. The molecule has 1 saturated carbocycles. The summed E-state index contributed by atoms with van der Waals surface area (Å²) in [5, 5.41) is 5.26. The summed E-state index contributed by atoms with van der Waals surface area (Å²) in [6.45, 7) is 0.395. The molecule has 0 radical (unpaired) electrons. The van der Waals surface area contributed by atoms with Gasteiger partial charge in [0.15, 0.2) is 11.5 Å². The van der Waals surface area contributed by atoms with E-state index in [2.05, 4.69) is 10.6 Å². The first-order chi connectivity index (χ1) is 10.1. The maximum Gasteiger partial charge on any atom is 0.309 e. The van der Waals surface area contributed by atoms with Crippen LogP contribution in [0.15, 0.2) is 18.2 Å². The zero-order valence-corrected chi connectivity index (χ0v) is 12.3. The van der Waals surface area contributed by atoms with Crippen LogP contribution in [0.2, 0.25) is 0 Å². The normalized spacial score (nSPS) is 13.4. The first-order valence-electron chi connectivity index (χ1n) is 6.93. The monoisotopic (exact) mass is 292 g/mol. The number of ether oxygens (including phenoxy) is 2. The predicted molar refractivity (Wildman–Crippen MR) is 77.4 cm³/mol. The summed E-state index contributed by atoms with van der Waals surface area (Å²) >= 11 is 0. The predicted octanol–water partition coefficient (Wildman–Crippen LogP) is 0.641. The van der Waals surface area contributed by atoms with Gasteiger partial charge in [-0.3, -0.25) is 9.59 Å². The number of amides is 2. The fraction of sp³-hybridized carbons (Fsp3) is 0.467. The third-order valence-corrected chi connectivity index (χ3v) is 3.27. The Hall–Kier alpha value is -2.24. The molecule has 6 nitrogen and oxygen atoms in total. The number of hydrogen-bond acceptors (Lipinski definition) is 4. The van der Waals surface area contributed by atoms with E-state index in [9.17, 15) is 9.59 Å². The van der Waals surface area contributed by atoms with E-state index < -0.39 is 11.8 Å². The van der Waals surface area contributed by atoms with Gasteiger partial charge in [0.25, 0.3) is 0 Å². The molecule has 0 unspecified atom stereocenters. The van der Waals surface area contributed by atoms with E-state index >= 15 is 0 Å². The first-order valence-corrected chi connectivity index (χ1v) is 6.93. The molecule has 1 aromatic rings. The maximum atomic E-state index is 11.6. The van der Waals surface area contributed by atoms with Crippen LogP contribution < -0.4 is 20.1 Å². The Bertz CT molecular complexity index is 526. The highest BCUT2D eigenvalue weighted by atomic mass is 16.5. The van der Waals surface area contributed by atoms with E-state index in [1.165, 1.54) is 0 Å². The lowest BCUT2D eigenvalue weighted by Gasteiger charge is -2.10. The van der Waals surface area contributed by atoms with E-state index in [0.29, 0.717) is 24.5 Å². The van der Waals surface area contributed by atoms with Crippen molar-refractivity contribution < 1.29 is 19.1 Å². The molecule has 1 fully saturated rings. The molecule has 0 spiro atoms. The van der Waals surface area contributed by atoms with Gasteiger partial charge in [-0.1, -0.05) is 6.07 Å². The summed E-state index contributed by atoms with van der Waals surface area (Å²) in [5.41, 5.74) is 0.996. The Kier molecular flexibility index (Phi) is 5.03. The van der Waals surface area contributed by atoms with Crippen molar-refractivity contribution in [2.24, 2.45) is 0 Å². The molecule has 2 amide bonds. The highest BCUT2D eigenvalue weighted by Crippen LogP contribution is 2.27. The average Bonchev–Trinajstić information content (AvgIpc) is 3.30. The molecule has 0 saturated heterocycles. The van der Waals surface area contributed by atoms with Gasteiger partial charge < -0.3 is 20.1 Å². The Labute approximate surface area is 123 Å². The van der Waals surface area contributed by atoms with Crippen LogP contribution in [-0.2, 0) is 16.0 Å². The summed E-state index contributed by atoms with van der Waals surface area (Å²) in [6.07, 6.45) is 2.54. The molecule has 0 aliphatic heterocycles. The second kappa shape index (κ2) is 6.97. The highest BCUT2D eigenvalue weighted by molar-refractivity contribution is 6.35. The molecule has 6 heteroatoms. The lowest BCUT2D eigenvalue weighted by molar-refractivity contribution is -0.139. The fourth-order valence-corrected chi connectivity index (χ4v) is 1.92. The second-order valence-corrected chi connectivity index (χ2v) is 4.94. The van der Waals surface area contributed by atoms with Crippen LogP contribution in [0.3, 0.4) is 0 Å². The third kappa shape index (κ3) is 4.37. The van der Waals surface area contributed by atoms with Gasteiger partial charge in [0.05, 0.1) is 14.2 Å². The van der Waals surface area contributed by atoms with E-state index in [1.807, 2.05) is 18.2 Å². The molecule has 0 atom stereocenters. The summed E-state index contributed by atoms with van der Waals surface area (Å²) in [6, 6.07) is 5.76. The molecule has 0 heterocycles. The van der Waals surface area contributed by atoms with E-state index in [4.69, 9.17) is 9.47 Å². The SMILES string of the molecule is COc1ccc(CCNC(=O)C(=O)NC2CC2)cc1OC. The minimum absolute atomic E-state index is 0.189. The van der Waals surface area contributed by atoms with E-state index in [0.717, 1.165) is 18.4 Å². The zero-order valence-electron chi connectivity index (χ0n) is 12.3. The number of carbonyl (C=O) groups is 2. The number of benzene rings is 1. The van der Waals surface area contributed by atoms with Crippen molar-refractivity contribution in [1.82, 2.24) is 10.6 Å². The number of nitrogens with one attached hydrogen (secondary N) is 2. The number of methoxy groups -OCH3 is 2. The standard InChI is InChI=1S/C15H20N2O4/c1-20-12-6-3-10(9-13(12)21-2)7-8-16-14(18)15(19)17-11-4-5-11/h3,6,9,11H,4-5,7-8H2,1-2H3,(H,16,18)(H,17,19). The van der Waals surface area contributed by atoms with Crippen molar-refractivity contribution in [3.05, 3.63) is 23.8 Å². The smallest absolute Gasteiger partial charge is 0.309 e. The summed E-state index contributed by atoms with van der Waals surface area (Å²) in [5.74, 6) is 0.175. The van der Waals surface area contributed by atoms with Gasteiger partial charge in [-0.2, -0.15) is 0 Å². The van der Waals surface area contributed by atoms with Gasteiger partial charge in [-0.05, 0) is 37.0 Å². The first kappa shape index (κ1) is 15.2. The van der Waals surface area contributed by atoms with Crippen molar-refractivity contribution in [2.45, 2.75) is 25.3 Å². The lowest BCUT2D eigenvalue weighted by atomic mass is 10.1. The van der Waals surface area contributed by atoms with Gasteiger partial charge >= 0.3 is 11.8 Å². The number of carbonyl (C=O) groups excluding carboxylic acids is 2. The molecule has 1 aliphatic carbocycles. The van der Waals surface area contributed by atoms with Crippen molar-refractivity contribution in [3.8, 4) is 11.5 Å². The molecule has 2 rings (SSSR count). The highest BCUT2D eigenvalue weighted by Gasteiger charge is 2.26. The number of hydrogen-bond donors (Lipinski definition) is 2. The minimum atomic E-state index is -0.581. The van der Waals surface area contributed by atoms with Gasteiger partial charge in [-0.25, -0.2) is 0 Å². The molecular weight excluding hydrogens is 272 g/mol. The fourth-order valence-electron chi connectivity index (χ4n) is 1.92. The number of rotatable bonds is 6. The van der Waals surface area contributed by atoms with Crippen LogP contribution >= 0.6 is 0 Å². The van der Waals surface area contributed by atoms with Gasteiger partial charge in [0.2, 0.25) is 0 Å². The van der Waals surface area contributed by atoms with Crippen molar-refractivity contribution in [1.29, 1.82) is 0 Å². The molecular formula is C15H20N2O4. The molecule has 2 N–H and O–H groups in total. The lowest BCUT2D eigenvalue weighted by Crippen LogP contribution is -2.41. The molecule has 21 heavy (non-hydrogen) atoms. The van der Waals surface area contributed by atoms with E-state index in [1.54, 1.807) is 14.2 Å². The quantitative estimate of drug-likeness (QED) is 0.754. The molecule has 0 bridgehead atoms. The topological polar surface area (TPSA) is 76.7 Å². The summed E-state index contributed by atoms with van der Waals surface area (Å²) < 4.78 is 10.4. The molecule has 1 aliphatic rings. The Morgan fingerprint density at radius 1 is 1.14 bits per heavy atom. The molecule has 1 aromatic carbocycles. The Morgan fingerprint density at radius 2 is 1.86 bits per heavy atom. The molecule has 0 aromatic heterocycles. The van der Waals surface area contributed by atoms with Crippen LogP contribution in [0.25, 0.3) is 0 Å². The maximum absolute atomic E-state index is 11.6. The summed E-state index contributed by atoms with van der Waals surface area (Å²) in [4.78, 5) is 23.0. The van der Waals surface area contributed by atoms with Crippen molar-refractivity contribution in [2.75, 3.05) is 20.8 Å². The van der Waals surface area contributed by atoms with Crippen LogP contribution in [0.5, 0.6) is 11.5 Å². The Balaban J connectivity index is 1.79. The minimum Gasteiger partial charge on any atom is -0.493 e. The van der Waals surface area contributed by atoms with Crippen LogP contribution in [0, 0.1) is 0 Å². The van der Waals surface area contributed by atoms with Gasteiger partial charge in [0, 0.05) is 12.6 Å². The average molecular weight is 292 g/mol. The van der Waals surface area contributed by atoms with Crippen molar-refractivity contribution in [3.63, 3.8) is 0 Å². The van der Waals surface area contributed by atoms with Gasteiger partial charge in [0.1, 0.15) is 0 Å². The Morgan fingerprint density at radius 3 is 2.48 bits per heavy atom. The van der Waals surface area contributed by atoms with E-state index in [-0.39, 0.29) is 6.04 Å². The zero-order chi connectivity index (χ0) is 15.2. The summed E-state index contributed by atoms with van der Waals surface area (Å²) in [7, 11) is 3.15. The van der Waals surface area contributed by atoms with Gasteiger partial charge in [-0.15, -0.1) is 0 Å². The van der Waals surface area contributed by atoms with Crippen molar-refractivity contribution >= 4 is 11.8 Å². The van der Waals surface area contributed by atoms with Crippen LogP contribution in [-0.4, -0.2) is 38.6 Å². The third-order valence-electron chi connectivity index (χ3n) is 3.27. The molecule has 114 valence electrons. The second-order valence-electron chi connectivity index (χ2n) is 4.94.